The van der Waals surface area contributed by atoms with Crippen molar-refractivity contribution in [3.63, 3.8) is 0 Å². The number of aromatic nitrogens is 1. The van der Waals surface area contributed by atoms with Crippen molar-refractivity contribution < 1.29 is 0 Å². The van der Waals surface area contributed by atoms with Gasteiger partial charge in [0, 0.05) is 17.0 Å². The van der Waals surface area contributed by atoms with Crippen LogP contribution in [-0.4, -0.2) is 10.3 Å². The zero-order valence-electron chi connectivity index (χ0n) is 7.55. The van der Waals surface area contributed by atoms with Gasteiger partial charge in [-0.15, -0.1) is 0 Å². The Hall–Kier alpha value is -0.760. The fourth-order valence-corrected chi connectivity index (χ4v) is 1.84. The molecule has 1 N–H and O–H groups in total. The van der Waals surface area contributed by atoms with E-state index in [1.54, 1.807) is 0 Å². The Morgan fingerprint density at radius 1 is 1.38 bits per heavy atom. The molecule has 0 fully saturated rings. The van der Waals surface area contributed by atoms with Crippen LogP contribution in [-0.2, 0) is 0 Å². The molecule has 1 atom stereocenters. The molecule has 0 radical (unpaired) electrons. The van der Waals surface area contributed by atoms with Gasteiger partial charge in [0.2, 0.25) is 0 Å². The molecule has 0 spiro atoms. The Kier molecular flexibility index (Phi) is 2.40. The van der Waals surface area contributed by atoms with Crippen LogP contribution in [0.25, 0.3) is 10.9 Å². The highest BCUT2D eigenvalue weighted by Gasteiger charge is 2.04. The molecule has 2 aromatic rings. The largest absolute Gasteiger partial charge is 0.361 e. The molecule has 1 nitrogen and oxygen atoms in total. The summed E-state index contributed by atoms with van der Waals surface area (Å²) in [6.45, 7) is 2.22. The van der Waals surface area contributed by atoms with Gasteiger partial charge in [-0.3, -0.25) is 0 Å². The highest BCUT2D eigenvalue weighted by Crippen LogP contribution is 2.21. The van der Waals surface area contributed by atoms with E-state index in [0.29, 0.717) is 5.92 Å². The molecule has 0 aliphatic heterocycles. The highest BCUT2D eigenvalue weighted by molar-refractivity contribution is 9.09. The fourth-order valence-electron chi connectivity index (χ4n) is 1.47. The van der Waals surface area contributed by atoms with E-state index >= 15 is 0 Å². The first kappa shape index (κ1) is 8.82. The van der Waals surface area contributed by atoms with Crippen molar-refractivity contribution in [1.29, 1.82) is 0 Å². The molecule has 0 aliphatic carbocycles. The molecule has 13 heavy (non-hydrogen) atoms. The van der Waals surface area contributed by atoms with Gasteiger partial charge in [-0.25, -0.2) is 0 Å². The fraction of sp³-hybridized carbons (Fsp3) is 0.273. The normalized spacial score (nSPS) is 13.4. The van der Waals surface area contributed by atoms with Crippen LogP contribution in [0.2, 0.25) is 0 Å². The molecular formula is C11H12BrN. The summed E-state index contributed by atoms with van der Waals surface area (Å²) in [7, 11) is 0. The van der Waals surface area contributed by atoms with Crippen LogP contribution >= 0.6 is 15.9 Å². The third kappa shape index (κ3) is 1.63. The summed E-state index contributed by atoms with van der Waals surface area (Å²) in [5, 5.41) is 2.31. The lowest BCUT2D eigenvalue weighted by molar-refractivity contribution is 0.890. The van der Waals surface area contributed by atoms with Crippen LogP contribution in [0.1, 0.15) is 18.4 Å². The molecule has 0 aliphatic rings. The van der Waals surface area contributed by atoms with E-state index in [1.165, 1.54) is 16.5 Å². The summed E-state index contributed by atoms with van der Waals surface area (Å²) in [5.74, 6) is 0.583. The summed E-state index contributed by atoms with van der Waals surface area (Å²) in [5.41, 5.74) is 2.61. The molecule has 68 valence electrons. The van der Waals surface area contributed by atoms with Crippen molar-refractivity contribution in [1.82, 2.24) is 4.98 Å². The van der Waals surface area contributed by atoms with E-state index in [4.69, 9.17) is 0 Å². The first-order valence-corrected chi connectivity index (χ1v) is 5.56. The third-order valence-corrected chi connectivity index (χ3v) is 3.35. The Morgan fingerprint density at radius 3 is 3.00 bits per heavy atom. The van der Waals surface area contributed by atoms with Gasteiger partial charge in [0.25, 0.3) is 0 Å². The number of alkyl halides is 1. The molecule has 1 aromatic heterocycles. The second kappa shape index (κ2) is 3.54. The van der Waals surface area contributed by atoms with Gasteiger partial charge in [0.05, 0.1) is 0 Å². The smallest absolute Gasteiger partial charge is 0.0454 e. The average Bonchev–Trinajstić information content (AvgIpc) is 2.63. The van der Waals surface area contributed by atoms with Crippen LogP contribution in [0.5, 0.6) is 0 Å². The highest BCUT2D eigenvalue weighted by atomic mass is 79.9. The van der Waals surface area contributed by atoms with Gasteiger partial charge in [-0.1, -0.05) is 28.9 Å². The van der Waals surface area contributed by atoms with Crippen LogP contribution < -0.4 is 0 Å². The van der Waals surface area contributed by atoms with Gasteiger partial charge < -0.3 is 4.98 Å². The lowest BCUT2D eigenvalue weighted by atomic mass is 10.0. The van der Waals surface area contributed by atoms with Crippen LogP contribution in [0.3, 0.4) is 0 Å². The minimum Gasteiger partial charge on any atom is -0.361 e. The summed E-state index contributed by atoms with van der Waals surface area (Å²) in [4.78, 5) is 3.19. The van der Waals surface area contributed by atoms with Crippen molar-refractivity contribution in [2.45, 2.75) is 12.8 Å². The second-order valence-electron chi connectivity index (χ2n) is 3.38. The average molecular weight is 238 g/mol. The minimum atomic E-state index is 0.583. The molecule has 1 aromatic carbocycles. The predicted molar refractivity (Wildman–Crippen MR) is 60.5 cm³/mol. The zero-order chi connectivity index (χ0) is 9.26. The van der Waals surface area contributed by atoms with Gasteiger partial charge in [0.15, 0.2) is 0 Å². The maximum Gasteiger partial charge on any atom is 0.0454 e. The molecule has 1 unspecified atom stereocenters. The number of halogens is 1. The number of rotatable bonds is 2. The summed E-state index contributed by atoms with van der Waals surface area (Å²) in [6.07, 6.45) is 1.98. The molecule has 0 bridgehead atoms. The number of H-pyrrole nitrogens is 1. The zero-order valence-corrected chi connectivity index (χ0v) is 9.14. The maximum absolute atomic E-state index is 3.50. The summed E-state index contributed by atoms with van der Waals surface area (Å²) in [6, 6.07) is 8.69. The minimum absolute atomic E-state index is 0.583. The number of benzene rings is 1. The van der Waals surface area contributed by atoms with E-state index in [1.807, 2.05) is 6.20 Å². The second-order valence-corrected chi connectivity index (χ2v) is 4.03. The number of nitrogens with one attached hydrogen (secondary N) is 1. The first-order chi connectivity index (χ1) is 6.31. The molecule has 2 heteroatoms. The number of aromatic amines is 1. The Morgan fingerprint density at radius 2 is 2.23 bits per heavy atom. The molecule has 0 saturated carbocycles. The molecule has 1 heterocycles. The monoisotopic (exact) mass is 237 g/mol. The van der Waals surface area contributed by atoms with Gasteiger partial charge >= 0.3 is 0 Å². The molecule has 0 amide bonds. The standard InChI is InChI=1S/C11H12BrN/c1-8(7-12)9-2-3-11-10(6-9)4-5-13-11/h2-6,8,13H,7H2,1H3. The number of hydrogen-bond acceptors (Lipinski definition) is 0. The van der Waals surface area contributed by atoms with Crippen molar-refractivity contribution >= 4 is 26.8 Å². The van der Waals surface area contributed by atoms with Crippen molar-refractivity contribution in [2.24, 2.45) is 0 Å². The Labute approximate surface area is 86.3 Å². The molecule has 0 saturated heterocycles. The first-order valence-electron chi connectivity index (χ1n) is 4.44. The van der Waals surface area contributed by atoms with E-state index < -0.39 is 0 Å². The third-order valence-electron chi connectivity index (χ3n) is 2.38. The summed E-state index contributed by atoms with van der Waals surface area (Å²) >= 11 is 3.50. The van der Waals surface area contributed by atoms with E-state index in [2.05, 4.69) is 52.1 Å². The topological polar surface area (TPSA) is 15.8 Å². The number of hydrogen-bond donors (Lipinski definition) is 1. The van der Waals surface area contributed by atoms with E-state index in [-0.39, 0.29) is 0 Å². The SMILES string of the molecule is CC(CBr)c1ccc2[nH]ccc2c1. The van der Waals surface area contributed by atoms with Crippen LogP contribution in [0.15, 0.2) is 30.5 Å². The van der Waals surface area contributed by atoms with Crippen molar-refractivity contribution in [3.05, 3.63) is 36.0 Å². The number of fused-ring (bicyclic) bond motifs is 1. The quantitative estimate of drug-likeness (QED) is 0.768. The van der Waals surface area contributed by atoms with Gasteiger partial charge in [0.1, 0.15) is 0 Å². The lowest BCUT2D eigenvalue weighted by Crippen LogP contribution is -1.93. The van der Waals surface area contributed by atoms with Gasteiger partial charge in [-0.05, 0) is 35.1 Å². The van der Waals surface area contributed by atoms with Crippen molar-refractivity contribution in [3.8, 4) is 0 Å². The molecule has 2 rings (SSSR count). The maximum atomic E-state index is 3.50. The van der Waals surface area contributed by atoms with Crippen LogP contribution in [0, 0.1) is 0 Å². The van der Waals surface area contributed by atoms with E-state index in [9.17, 15) is 0 Å². The van der Waals surface area contributed by atoms with Gasteiger partial charge in [-0.2, -0.15) is 0 Å². The Balaban J connectivity index is 2.48. The lowest BCUT2D eigenvalue weighted by Gasteiger charge is -2.07. The predicted octanol–water partition coefficient (Wildman–Crippen LogP) is 3.67. The van der Waals surface area contributed by atoms with Crippen molar-refractivity contribution in [2.75, 3.05) is 5.33 Å². The van der Waals surface area contributed by atoms with Crippen LogP contribution in [0.4, 0.5) is 0 Å². The Bertz CT molecular complexity index is 405. The van der Waals surface area contributed by atoms with E-state index in [0.717, 1.165) is 5.33 Å². The molecular weight excluding hydrogens is 226 g/mol. The summed E-state index contributed by atoms with van der Waals surface area (Å²) < 4.78 is 0.